The van der Waals surface area contributed by atoms with Gasteiger partial charge in [0.2, 0.25) is 0 Å². The highest BCUT2D eigenvalue weighted by molar-refractivity contribution is 7.86. The van der Waals surface area contributed by atoms with Crippen molar-refractivity contribution in [1.82, 2.24) is 0 Å². The van der Waals surface area contributed by atoms with Crippen molar-refractivity contribution in [2.24, 2.45) is 0 Å². The van der Waals surface area contributed by atoms with Gasteiger partial charge in [-0.3, -0.25) is 9.00 Å². The van der Waals surface area contributed by atoms with Crippen LogP contribution < -0.4 is 4.74 Å². The highest BCUT2D eigenvalue weighted by atomic mass is 32.2. The van der Waals surface area contributed by atoms with Gasteiger partial charge in [0.1, 0.15) is 11.5 Å². The number of rotatable bonds is 3. The van der Waals surface area contributed by atoms with Crippen LogP contribution in [-0.4, -0.2) is 22.4 Å². The molecule has 0 radical (unpaired) electrons. The number of Topliss-reactive ketones (excluding diaryl/α,β-unsaturated/α-hetero) is 1. The van der Waals surface area contributed by atoms with Gasteiger partial charge in [0, 0.05) is 11.3 Å². The van der Waals surface area contributed by atoms with E-state index in [1.54, 1.807) is 31.4 Å². The summed E-state index contributed by atoms with van der Waals surface area (Å²) < 4.78 is 17.3. The molecule has 1 aromatic carbocycles. The molecule has 0 amide bonds. The minimum atomic E-state index is -1.22. The molecule has 1 aliphatic rings. The highest BCUT2D eigenvalue weighted by Gasteiger charge is 2.28. The standard InChI is InChI=1S/C13H16O3S/c1-16-10-6-8-11(9-7-10)17(15)13-5-3-2-4-12(13)14/h6-9,13H,2-5H2,1H3. The second kappa shape index (κ2) is 5.45. The Bertz CT molecular complexity index is 425. The van der Waals surface area contributed by atoms with Crippen LogP contribution in [-0.2, 0) is 15.6 Å². The maximum atomic E-state index is 12.3. The maximum absolute atomic E-state index is 12.3. The van der Waals surface area contributed by atoms with Crippen LogP contribution in [0.3, 0.4) is 0 Å². The SMILES string of the molecule is COc1ccc(S(=O)C2CCCCC2=O)cc1. The maximum Gasteiger partial charge on any atom is 0.148 e. The number of carbonyl (C=O) groups is 1. The first kappa shape index (κ1) is 12.3. The van der Waals surface area contributed by atoms with Crippen molar-refractivity contribution in [3.63, 3.8) is 0 Å². The first-order valence-electron chi connectivity index (χ1n) is 5.79. The molecule has 17 heavy (non-hydrogen) atoms. The summed E-state index contributed by atoms with van der Waals surface area (Å²) in [7, 11) is 0.379. The fourth-order valence-corrected chi connectivity index (χ4v) is 3.52. The molecular weight excluding hydrogens is 236 g/mol. The zero-order valence-electron chi connectivity index (χ0n) is 9.85. The van der Waals surface area contributed by atoms with Crippen molar-refractivity contribution < 1.29 is 13.7 Å². The van der Waals surface area contributed by atoms with Crippen LogP contribution in [0.1, 0.15) is 25.7 Å². The summed E-state index contributed by atoms with van der Waals surface area (Å²) in [5, 5.41) is -0.308. The minimum absolute atomic E-state index is 0.144. The number of hydrogen-bond acceptors (Lipinski definition) is 3. The Morgan fingerprint density at radius 3 is 2.53 bits per heavy atom. The van der Waals surface area contributed by atoms with Gasteiger partial charge < -0.3 is 4.74 Å². The van der Waals surface area contributed by atoms with Gasteiger partial charge in [-0.1, -0.05) is 6.42 Å². The Labute approximate surface area is 104 Å². The lowest BCUT2D eigenvalue weighted by atomic mass is 9.99. The molecule has 0 spiro atoms. The zero-order valence-corrected chi connectivity index (χ0v) is 10.7. The summed E-state index contributed by atoms with van der Waals surface area (Å²) in [5.74, 6) is 0.881. The zero-order chi connectivity index (χ0) is 12.3. The lowest BCUT2D eigenvalue weighted by Crippen LogP contribution is -2.29. The number of ether oxygens (including phenoxy) is 1. The van der Waals surface area contributed by atoms with Crippen LogP contribution in [0.2, 0.25) is 0 Å². The van der Waals surface area contributed by atoms with Gasteiger partial charge in [-0.05, 0) is 37.1 Å². The molecule has 1 aromatic rings. The van der Waals surface area contributed by atoms with Crippen LogP contribution in [0.4, 0.5) is 0 Å². The van der Waals surface area contributed by atoms with Crippen molar-refractivity contribution in [1.29, 1.82) is 0 Å². The lowest BCUT2D eigenvalue weighted by molar-refractivity contribution is -0.119. The van der Waals surface area contributed by atoms with Crippen LogP contribution in [0.5, 0.6) is 5.75 Å². The van der Waals surface area contributed by atoms with Gasteiger partial charge in [-0.15, -0.1) is 0 Å². The molecule has 0 bridgehead atoms. The van der Waals surface area contributed by atoms with Crippen LogP contribution in [0.25, 0.3) is 0 Å². The molecule has 3 nitrogen and oxygen atoms in total. The fourth-order valence-electron chi connectivity index (χ4n) is 2.05. The molecule has 2 unspecified atom stereocenters. The Balaban J connectivity index is 2.15. The van der Waals surface area contributed by atoms with Crippen molar-refractivity contribution in [3.8, 4) is 5.75 Å². The predicted molar refractivity (Wildman–Crippen MR) is 66.7 cm³/mol. The second-order valence-electron chi connectivity index (χ2n) is 4.17. The molecule has 2 rings (SSSR count). The van der Waals surface area contributed by atoms with Gasteiger partial charge in [0.25, 0.3) is 0 Å². The Morgan fingerprint density at radius 1 is 1.24 bits per heavy atom. The molecule has 0 heterocycles. The lowest BCUT2D eigenvalue weighted by Gasteiger charge is -2.19. The summed E-state index contributed by atoms with van der Waals surface area (Å²) >= 11 is 0. The van der Waals surface area contributed by atoms with E-state index in [0.717, 1.165) is 25.0 Å². The van der Waals surface area contributed by atoms with Crippen molar-refractivity contribution >= 4 is 16.6 Å². The summed E-state index contributed by atoms with van der Waals surface area (Å²) in [6.45, 7) is 0. The molecule has 4 heteroatoms. The third-order valence-corrected chi connectivity index (χ3v) is 4.80. The van der Waals surface area contributed by atoms with E-state index < -0.39 is 10.8 Å². The summed E-state index contributed by atoms with van der Waals surface area (Å²) in [6, 6.07) is 7.11. The number of benzene rings is 1. The Kier molecular flexibility index (Phi) is 3.94. The molecule has 0 N–H and O–H groups in total. The van der Waals surface area contributed by atoms with E-state index in [4.69, 9.17) is 4.74 Å². The second-order valence-corrected chi connectivity index (χ2v) is 5.81. The van der Waals surface area contributed by atoms with Gasteiger partial charge in [0.15, 0.2) is 0 Å². The van der Waals surface area contributed by atoms with E-state index in [2.05, 4.69) is 0 Å². The Hall–Kier alpha value is -1.16. The molecule has 0 aromatic heterocycles. The van der Waals surface area contributed by atoms with Gasteiger partial charge in [-0.25, -0.2) is 0 Å². The first-order chi connectivity index (χ1) is 8.22. The van der Waals surface area contributed by atoms with Crippen molar-refractivity contribution in [3.05, 3.63) is 24.3 Å². The largest absolute Gasteiger partial charge is 0.497 e. The van der Waals surface area contributed by atoms with Crippen molar-refractivity contribution in [2.75, 3.05) is 7.11 Å². The van der Waals surface area contributed by atoms with Crippen LogP contribution in [0, 0.1) is 0 Å². The molecule has 1 saturated carbocycles. The molecule has 1 fully saturated rings. The molecule has 0 saturated heterocycles. The Morgan fingerprint density at radius 2 is 1.94 bits per heavy atom. The van der Waals surface area contributed by atoms with E-state index in [1.807, 2.05) is 0 Å². The molecule has 1 aliphatic carbocycles. The van der Waals surface area contributed by atoms with E-state index in [1.165, 1.54) is 0 Å². The van der Waals surface area contributed by atoms with Gasteiger partial charge in [-0.2, -0.15) is 0 Å². The predicted octanol–water partition coefficient (Wildman–Crippen LogP) is 2.31. The van der Waals surface area contributed by atoms with E-state index in [9.17, 15) is 9.00 Å². The average Bonchev–Trinajstić information content (AvgIpc) is 2.39. The van der Waals surface area contributed by atoms with E-state index >= 15 is 0 Å². The minimum Gasteiger partial charge on any atom is -0.497 e. The van der Waals surface area contributed by atoms with Gasteiger partial charge >= 0.3 is 0 Å². The average molecular weight is 252 g/mol. The smallest absolute Gasteiger partial charge is 0.148 e. The van der Waals surface area contributed by atoms with Crippen LogP contribution >= 0.6 is 0 Å². The topological polar surface area (TPSA) is 43.4 Å². The van der Waals surface area contributed by atoms with E-state index in [-0.39, 0.29) is 11.0 Å². The molecule has 92 valence electrons. The highest BCUT2D eigenvalue weighted by Crippen LogP contribution is 2.24. The number of carbonyl (C=O) groups excluding carboxylic acids is 1. The number of methoxy groups -OCH3 is 1. The quantitative estimate of drug-likeness (QED) is 0.829. The first-order valence-corrected chi connectivity index (χ1v) is 7.01. The van der Waals surface area contributed by atoms with E-state index in [0.29, 0.717) is 11.3 Å². The number of ketones is 1. The summed E-state index contributed by atoms with van der Waals surface area (Å²) in [4.78, 5) is 12.4. The molecule has 2 atom stereocenters. The van der Waals surface area contributed by atoms with Gasteiger partial charge in [0.05, 0.1) is 23.2 Å². The monoisotopic (exact) mass is 252 g/mol. The number of hydrogen-bond donors (Lipinski definition) is 0. The van der Waals surface area contributed by atoms with Crippen molar-refractivity contribution in [2.45, 2.75) is 35.8 Å². The molecule has 0 aliphatic heterocycles. The normalized spacial score (nSPS) is 22.2. The third-order valence-electron chi connectivity index (χ3n) is 3.05. The van der Waals surface area contributed by atoms with Crippen LogP contribution in [0.15, 0.2) is 29.2 Å². The summed E-state index contributed by atoms with van der Waals surface area (Å²) in [6.07, 6.45) is 3.26. The fraction of sp³-hybridized carbons (Fsp3) is 0.462. The summed E-state index contributed by atoms with van der Waals surface area (Å²) in [5.41, 5.74) is 0. The third kappa shape index (κ3) is 2.75. The molecular formula is C13H16O3S.